The zero-order valence-electron chi connectivity index (χ0n) is 15.6. The number of amides is 1. The van der Waals surface area contributed by atoms with Crippen LogP contribution in [0.3, 0.4) is 0 Å². The normalized spacial score (nSPS) is 20.3. The Morgan fingerprint density at radius 2 is 2.04 bits per heavy atom. The van der Waals surface area contributed by atoms with Gasteiger partial charge in [0.25, 0.3) is 5.91 Å². The zero-order valence-corrected chi connectivity index (χ0v) is 15.6. The van der Waals surface area contributed by atoms with Gasteiger partial charge in [-0.2, -0.15) is 4.98 Å². The maximum absolute atomic E-state index is 13.0. The maximum atomic E-state index is 13.0. The van der Waals surface area contributed by atoms with Crippen molar-refractivity contribution in [2.45, 2.75) is 64.2 Å². The number of hydrogen-bond acceptors (Lipinski definition) is 5. The smallest absolute Gasteiger partial charge is 0.272 e. The second-order valence-electron chi connectivity index (χ2n) is 7.75. The average molecular weight is 354 g/mol. The molecule has 1 amide bonds. The van der Waals surface area contributed by atoms with Gasteiger partial charge < -0.3 is 9.42 Å². The zero-order chi connectivity index (χ0) is 18.1. The van der Waals surface area contributed by atoms with Crippen LogP contribution in [-0.4, -0.2) is 39.0 Å². The Balaban J connectivity index is 1.49. The molecule has 2 aromatic rings. The predicted octanol–water partition coefficient (Wildman–Crippen LogP) is 3.49. The molecule has 3 heterocycles. The number of likely N-dealkylation sites (tertiary alicyclic amines) is 1. The topological polar surface area (TPSA) is 72.1 Å². The third kappa shape index (κ3) is 3.37. The third-order valence-corrected chi connectivity index (χ3v) is 5.42. The van der Waals surface area contributed by atoms with E-state index >= 15 is 0 Å². The molecule has 138 valence electrons. The molecule has 1 aliphatic heterocycles. The van der Waals surface area contributed by atoms with Crippen LogP contribution in [0.2, 0.25) is 0 Å². The highest BCUT2D eigenvalue weighted by molar-refractivity contribution is 5.92. The van der Waals surface area contributed by atoms with E-state index in [1.807, 2.05) is 24.8 Å². The number of aryl methyl sites for hydroxylation is 2. The first-order valence-electron chi connectivity index (χ1n) is 9.73. The van der Waals surface area contributed by atoms with Crippen molar-refractivity contribution in [2.75, 3.05) is 13.1 Å². The lowest BCUT2D eigenvalue weighted by molar-refractivity contribution is 0.0697. The predicted molar refractivity (Wildman–Crippen MR) is 97.1 cm³/mol. The monoisotopic (exact) mass is 354 g/mol. The molecule has 6 nitrogen and oxygen atoms in total. The number of aromatic nitrogens is 3. The molecule has 1 atom stereocenters. The van der Waals surface area contributed by atoms with E-state index in [2.05, 4.69) is 21.2 Å². The molecular formula is C20H26N4O2. The fourth-order valence-corrected chi connectivity index (χ4v) is 3.88. The van der Waals surface area contributed by atoms with Crippen LogP contribution >= 0.6 is 0 Å². The number of nitrogens with zero attached hydrogens (tertiary/aromatic N) is 4. The lowest BCUT2D eigenvalue weighted by Crippen LogP contribution is -2.39. The highest BCUT2D eigenvalue weighted by Crippen LogP contribution is 2.27. The SMILES string of the molecule is CC(C)c1nc([C@@H]2CCCN(C(=O)c3ccc4c(n3)CCCC4)C2)no1. The Morgan fingerprint density at radius 1 is 1.19 bits per heavy atom. The summed E-state index contributed by atoms with van der Waals surface area (Å²) in [4.78, 5) is 24.1. The van der Waals surface area contributed by atoms with Crippen LogP contribution in [0.25, 0.3) is 0 Å². The van der Waals surface area contributed by atoms with Crippen molar-refractivity contribution in [3.63, 3.8) is 0 Å². The third-order valence-electron chi connectivity index (χ3n) is 5.42. The number of carbonyl (C=O) groups is 1. The molecule has 0 saturated carbocycles. The molecule has 4 rings (SSSR count). The van der Waals surface area contributed by atoms with Crippen LogP contribution in [0.1, 0.15) is 84.8 Å². The van der Waals surface area contributed by atoms with Gasteiger partial charge in [-0.1, -0.05) is 25.1 Å². The van der Waals surface area contributed by atoms with Crippen molar-refractivity contribution in [3.8, 4) is 0 Å². The van der Waals surface area contributed by atoms with Gasteiger partial charge in [-0.05, 0) is 50.2 Å². The summed E-state index contributed by atoms with van der Waals surface area (Å²) < 4.78 is 5.34. The number of pyridine rings is 1. The first-order valence-corrected chi connectivity index (χ1v) is 9.73. The Labute approximate surface area is 154 Å². The second kappa shape index (κ2) is 7.17. The fraction of sp³-hybridized carbons (Fsp3) is 0.600. The van der Waals surface area contributed by atoms with Crippen LogP contribution in [0, 0.1) is 0 Å². The van der Waals surface area contributed by atoms with Crippen LogP contribution in [-0.2, 0) is 12.8 Å². The van der Waals surface area contributed by atoms with Gasteiger partial charge >= 0.3 is 0 Å². The van der Waals surface area contributed by atoms with Gasteiger partial charge in [0, 0.05) is 30.6 Å². The summed E-state index contributed by atoms with van der Waals surface area (Å²) in [7, 11) is 0. The van der Waals surface area contributed by atoms with Crippen molar-refractivity contribution < 1.29 is 9.32 Å². The van der Waals surface area contributed by atoms with Crippen molar-refractivity contribution in [1.82, 2.24) is 20.0 Å². The first kappa shape index (κ1) is 17.2. The molecule has 0 bridgehead atoms. The minimum atomic E-state index is 0.0238. The van der Waals surface area contributed by atoms with Crippen LogP contribution in [0.5, 0.6) is 0 Å². The molecule has 2 aromatic heterocycles. The number of fused-ring (bicyclic) bond motifs is 1. The standard InChI is InChI=1S/C20H26N4O2/c1-13(2)19-22-18(23-26-19)15-7-5-11-24(12-15)20(25)17-10-9-14-6-3-4-8-16(14)21-17/h9-10,13,15H,3-8,11-12H2,1-2H3/t15-/m1/s1. The molecule has 2 aliphatic rings. The molecule has 0 unspecified atom stereocenters. The minimum Gasteiger partial charge on any atom is -0.339 e. The summed E-state index contributed by atoms with van der Waals surface area (Å²) in [6, 6.07) is 3.98. The van der Waals surface area contributed by atoms with Gasteiger partial charge in [-0.3, -0.25) is 4.79 Å². The molecule has 0 N–H and O–H groups in total. The number of piperidine rings is 1. The van der Waals surface area contributed by atoms with E-state index in [0.29, 0.717) is 18.1 Å². The van der Waals surface area contributed by atoms with Gasteiger partial charge in [0.1, 0.15) is 5.69 Å². The molecule has 26 heavy (non-hydrogen) atoms. The molecule has 1 fully saturated rings. The maximum Gasteiger partial charge on any atom is 0.272 e. The van der Waals surface area contributed by atoms with E-state index in [4.69, 9.17) is 4.52 Å². The Bertz CT molecular complexity index is 799. The van der Waals surface area contributed by atoms with Crippen molar-refractivity contribution in [2.24, 2.45) is 0 Å². The van der Waals surface area contributed by atoms with Gasteiger partial charge in [0.2, 0.25) is 5.89 Å². The lowest BCUT2D eigenvalue weighted by atomic mass is 9.95. The summed E-state index contributed by atoms with van der Waals surface area (Å²) in [5.41, 5.74) is 2.98. The summed E-state index contributed by atoms with van der Waals surface area (Å²) in [5, 5.41) is 4.15. The van der Waals surface area contributed by atoms with Crippen molar-refractivity contribution in [3.05, 3.63) is 40.8 Å². The highest BCUT2D eigenvalue weighted by Gasteiger charge is 2.29. The van der Waals surface area contributed by atoms with Gasteiger partial charge in [-0.15, -0.1) is 0 Å². The van der Waals surface area contributed by atoms with E-state index in [9.17, 15) is 4.79 Å². The minimum absolute atomic E-state index is 0.0238. The summed E-state index contributed by atoms with van der Waals surface area (Å²) >= 11 is 0. The summed E-state index contributed by atoms with van der Waals surface area (Å²) in [6.45, 7) is 5.48. The van der Waals surface area contributed by atoms with Gasteiger partial charge in [0.15, 0.2) is 5.82 Å². The van der Waals surface area contributed by atoms with Crippen LogP contribution < -0.4 is 0 Å². The Hall–Kier alpha value is -2.24. The molecule has 1 saturated heterocycles. The number of hydrogen-bond donors (Lipinski definition) is 0. The first-order chi connectivity index (χ1) is 12.6. The summed E-state index contributed by atoms with van der Waals surface area (Å²) in [6.07, 6.45) is 6.39. The molecule has 0 aromatic carbocycles. The number of carbonyl (C=O) groups excluding carboxylic acids is 1. The Morgan fingerprint density at radius 3 is 2.85 bits per heavy atom. The molecule has 1 aliphatic carbocycles. The second-order valence-corrected chi connectivity index (χ2v) is 7.75. The highest BCUT2D eigenvalue weighted by atomic mass is 16.5. The van der Waals surface area contributed by atoms with E-state index in [1.54, 1.807) is 0 Å². The van der Waals surface area contributed by atoms with E-state index in [0.717, 1.165) is 43.7 Å². The fourth-order valence-electron chi connectivity index (χ4n) is 3.88. The average Bonchev–Trinajstić information content (AvgIpc) is 3.18. The van der Waals surface area contributed by atoms with Crippen LogP contribution in [0.15, 0.2) is 16.7 Å². The van der Waals surface area contributed by atoms with E-state index in [1.165, 1.54) is 18.4 Å². The molecule has 0 spiro atoms. The summed E-state index contributed by atoms with van der Waals surface area (Å²) in [5.74, 6) is 1.78. The van der Waals surface area contributed by atoms with Gasteiger partial charge in [0.05, 0.1) is 0 Å². The lowest BCUT2D eigenvalue weighted by Gasteiger charge is -2.31. The molecule has 0 radical (unpaired) electrons. The molecule has 6 heteroatoms. The number of rotatable bonds is 3. The Kier molecular flexibility index (Phi) is 4.74. The van der Waals surface area contributed by atoms with Crippen LogP contribution in [0.4, 0.5) is 0 Å². The quantitative estimate of drug-likeness (QED) is 0.844. The van der Waals surface area contributed by atoms with E-state index < -0.39 is 0 Å². The van der Waals surface area contributed by atoms with E-state index in [-0.39, 0.29) is 17.7 Å². The molecular weight excluding hydrogens is 328 g/mol. The van der Waals surface area contributed by atoms with Gasteiger partial charge in [-0.25, -0.2) is 4.98 Å². The largest absolute Gasteiger partial charge is 0.339 e. The van der Waals surface area contributed by atoms with Crippen molar-refractivity contribution in [1.29, 1.82) is 0 Å². The van der Waals surface area contributed by atoms with Crippen molar-refractivity contribution >= 4 is 5.91 Å².